The minimum absolute atomic E-state index is 0.132. The Kier molecular flexibility index (Phi) is 5.01. The van der Waals surface area contributed by atoms with Gasteiger partial charge in [0.2, 0.25) is 0 Å². The van der Waals surface area contributed by atoms with Gasteiger partial charge in [0.15, 0.2) is 0 Å². The molecule has 0 heterocycles. The van der Waals surface area contributed by atoms with Crippen LogP contribution >= 0.6 is 0 Å². The molecule has 0 aliphatic rings. The van der Waals surface area contributed by atoms with Crippen LogP contribution in [0.25, 0.3) is 0 Å². The zero-order valence-corrected chi connectivity index (χ0v) is 11.5. The topological polar surface area (TPSA) is 35.2 Å². The Bertz CT molecular complexity index is 324. The van der Waals surface area contributed by atoms with Crippen LogP contribution in [0.1, 0.15) is 52.0 Å². The van der Waals surface area contributed by atoms with Crippen molar-refractivity contribution in [2.75, 3.05) is 6.54 Å². The molecule has 0 saturated heterocycles. The second-order valence-corrected chi connectivity index (χ2v) is 5.62. The first-order valence-electron chi connectivity index (χ1n) is 6.41. The predicted molar refractivity (Wildman–Crippen MR) is 73.5 cm³/mol. The summed E-state index contributed by atoms with van der Waals surface area (Å²) >= 11 is 0. The van der Waals surface area contributed by atoms with Gasteiger partial charge < -0.3 is 10.5 Å². The molecule has 2 N–H and O–H groups in total. The molecule has 0 saturated carbocycles. The van der Waals surface area contributed by atoms with E-state index in [1.807, 2.05) is 0 Å². The molecule has 0 radical (unpaired) electrons. The largest absolute Gasteiger partial charge is 0.488 e. The van der Waals surface area contributed by atoms with Gasteiger partial charge in [0.05, 0.1) is 0 Å². The summed E-state index contributed by atoms with van der Waals surface area (Å²) < 4.78 is 5.80. The summed E-state index contributed by atoms with van der Waals surface area (Å²) in [6.45, 7) is 9.20. The summed E-state index contributed by atoms with van der Waals surface area (Å²) in [5, 5.41) is 0. The van der Waals surface area contributed by atoms with Gasteiger partial charge >= 0.3 is 0 Å². The molecule has 0 aliphatic heterocycles. The number of hydrogen-bond acceptors (Lipinski definition) is 2. The first-order valence-corrected chi connectivity index (χ1v) is 6.41. The lowest BCUT2D eigenvalue weighted by atomic mass is 9.96. The molecule has 0 aromatic heterocycles. The SMILES string of the molecule is CC(CCCN)c1ccc(OC(C)(C)C)cc1. The van der Waals surface area contributed by atoms with Crippen molar-refractivity contribution in [3.05, 3.63) is 29.8 Å². The van der Waals surface area contributed by atoms with E-state index in [1.165, 1.54) is 5.56 Å². The van der Waals surface area contributed by atoms with E-state index >= 15 is 0 Å². The average Bonchev–Trinajstić information content (AvgIpc) is 2.24. The van der Waals surface area contributed by atoms with Crippen LogP contribution in [0, 0.1) is 0 Å². The summed E-state index contributed by atoms with van der Waals surface area (Å²) in [6, 6.07) is 8.42. The zero-order valence-electron chi connectivity index (χ0n) is 11.5. The Hall–Kier alpha value is -1.02. The van der Waals surface area contributed by atoms with Crippen molar-refractivity contribution >= 4 is 0 Å². The number of ether oxygens (including phenoxy) is 1. The third kappa shape index (κ3) is 5.22. The molecule has 2 heteroatoms. The van der Waals surface area contributed by atoms with E-state index in [0.29, 0.717) is 5.92 Å². The molecule has 0 aliphatic carbocycles. The summed E-state index contributed by atoms with van der Waals surface area (Å²) in [7, 11) is 0. The van der Waals surface area contributed by atoms with Crippen molar-refractivity contribution < 1.29 is 4.74 Å². The van der Waals surface area contributed by atoms with E-state index in [0.717, 1.165) is 25.1 Å². The van der Waals surface area contributed by atoms with Gasteiger partial charge in [-0.25, -0.2) is 0 Å². The van der Waals surface area contributed by atoms with Crippen molar-refractivity contribution in [2.24, 2.45) is 5.73 Å². The van der Waals surface area contributed by atoms with E-state index in [-0.39, 0.29) is 5.60 Å². The fourth-order valence-corrected chi connectivity index (χ4v) is 1.81. The smallest absolute Gasteiger partial charge is 0.120 e. The van der Waals surface area contributed by atoms with Crippen molar-refractivity contribution in [2.45, 2.75) is 52.1 Å². The maximum Gasteiger partial charge on any atom is 0.120 e. The van der Waals surface area contributed by atoms with Gasteiger partial charge in [0, 0.05) is 0 Å². The first kappa shape index (κ1) is 14.0. The fourth-order valence-electron chi connectivity index (χ4n) is 1.81. The van der Waals surface area contributed by atoms with E-state index in [1.54, 1.807) is 0 Å². The van der Waals surface area contributed by atoms with Crippen LogP contribution in [0.4, 0.5) is 0 Å². The van der Waals surface area contributed by atoms with E-state index in [9.17, 15) is 0 Å². The van der Waals surface area contributed by atoms with Gasteiger partial charge in [-0.1, -0.05) is 19.1 Å². The molecule has 17 heavy (non-hydrogen) atoms. The highest BCUT2D eigenvalue weighted by atomic mass is 16.5. The van der Waals surface area contributed by atoms with E-state index < -0.39 is 0 Å². The highest BCUT2D eigenvalue weighted by Crippen LogP contribution is 2.24. The van der Waals surface area contributed by atoms with Gasteiger partial charge in [0.25, 0.3) is 0 Å². The van der Waals surface area contributed by atoms with Crippen LogP contribution in [-0.4, -0.2) is 12.1 Å². The first-order chi connectivity index (χ1) is 7.92. The summed E-state index contributed by atoms with van der Waals surface area (Å²) in [4.78, 5) is 0. The summed E-state index contributed by atoms with van der Waals surface area (Å²) in [6.07, 6.45) is 2.23. The van der Waals surface area contributed by atoms with Crippen LogP contribution in [0.3, 0.4) is 0 Å². The van der Waals surface area contributed by atoms with Gasteiger partial charge in [-0.2, -0.15) is 0 Å². The second-order valence-electron chi connectivity index (χ2n) is 5.62. The Morgan fingerprint density at radius 3 is 2.24 bits per heavy atom. The molecule has 96 valence electrons. The lowest BCUT2D eigenvalue weighted by molar-refractivity contribution is 0.131. The van der Waals surface area contributed by atoms with Crippen molar-refractivity contribution in [1.82, 2.24) is 0 Å². The predicted octanol–water partition coefficient (Wildman–Crippen LogP) is 3.71. The minimum Gasteiger partial charge on any atom is -0.488 e. The Morgan fingerprint density at radius 1 is 1.18 bits per heavy atom. The molecule has 0 fully saturated rings. The number of nitrogens with two attached hydrogens (primary N) is 1. The summed E-state index contributed by atoms with van der Waals surface area (Å²) in [5.74, 6) is 1.51. The maximum absolute atomic E-state index is 5.80. The molecular weight excluding hydrogens is 210 g/mol. The van der Waals surface area contributed by atoms with E-state index in [2.05, 4.69) is 52.0 Å². The molecule has 2 nitrogen and oxygen atoms in total. The van der Waals surface area contributed by atoms with Gasteiger partial charge in [-0.3, -0.25) is 0 Å². The molecular formula is C15H25NO. The Balaban J connectivity index is 2.61. The minimum atomic E-state index is -0.132. The highest BCUT2D eigenvalue weighted by molar-refractivity contribution is 5.29. The van der Waals surface area contributed by atoms with Crippen molar-refractivity contribution in [1.29, 1.82) is 0 Å². The molecule has 1 unspecified atom stereocenters. The quantitative estimate of drug-likeness (QED) is 0.844. The van der Waals surface area contributed by atoms with Gasteiger partial charge in [-0.05, 0) is 63.8 Å². The maximum atomic E-state index is 5.80. The molecule has 1 atom stereocenters. The fraction of sp³-hybridized carbons (Fsp3) is 0.600. The second kappa shape index (κ2) is 6.06. The number of hydrogen-bond donors (Lipinski definition) is 1. The highest BCUT2D eigenvalue weighted by Gasteiger charge is 2.12. The molecule has 1 rings (SSSR count). The van der Waals surface area contributed by atoms with Crippen molar-refractivity contribution in [3.63, 3.8) is 0 Å². The normalized spacial score (nSPS) is 13.5. The molecule has 0 amide bonds. The van der Waals surface area contributed by atoms with Crippen LogP contribution in [-0.2, 0) is 0 Å². The zero-order chi connectivity index (χ0) is 12.9. The Labute approximate surface area is 105 Å². The summed E-state index contributed by atoms with van der Waals surface area (Å²) in [5.41, 5.74) is 6.76. The lowest BCUT2D eigenvalue weighted by Crippen LogP contribution is -2.22. The monoisotopic (exact) mass is 235 g/mol. The van der Waals surface area contributed by atoms with E-state index in [4.69, 9.17) is 10.5 Å². The number of benzene rings is 1. The lowest BCUT2D eigenvalue weighted by Gasteiger charge is -2.21. The molecule has 1 aromatic rings. The van der Waals surface area contributed by atoms with Crippen LogP contribution in [0.2, 0.25) is 0 Å². The van der Waals surface area contributed by atoms with Gasteiger partial charge in [-0.15, -0.1) is 0 Å². The Morgan fingerprint density at radius 2 is 1.76 bits per heavy atom. The van der Waals surface area contributed by atoms with Crippen molar-refractivity contribution in [3.8, 4) is 5.75 Å². The third-order valence-corrected chi connectivity index (χ3v) is 2.71. The average molecular weight is 235 g/mol. The van der Waals surface area contributed by atoms with Gasteiger partial charge in [0.1, 0.15) is 11.4 Å². The number of rotatable bonds is 5. The molecule has 0 bridgehead atoms. The molecule has 0 spiro atoms. The van der Waals surface area contributed by atoms with Crippen LogP contribution in [0.15, 0.2) is 24.3 Å². The van der Waals surface area contributed by atoms with Crippen LogP contribution < -0.4 is 10.5 Å². The standard InChI is InChI=1S/C15H25NO/c1-12(6-5-11-16)13-7-9-14(10-8-13)17-15(2,3)4/h7-10,12H,5-6,11,16H2,1-4H3. The third-order valence-electron chi connectivity index (χ3n) is 2.71. The van der Waals surface area contributed by atoms with Crippen LogP contribution in [0.5, 0.6) is 5.75 Å². The molecule has 1 aromatic carbocycles.